The van der Waals surface area contributed by atoms with Gasteiger partial charge in [-0.3, -0.25) is 0 Å². The van der Waals surface area contributed by atoms with Gasteiger partial charge < -0.3 is 5.11 Å². The Morgan fingerprint density at radius 2 is 0.714 bits per heavy atom. The Balaban J connectivity index is 0.000000222. The van der Waals surface area contributed by atoms with Crippen LogP contribution in [0.3, 0.4) is 0 Å². The predicted molar refractivity (Wildman–Crippen MR) is 61.2 cm³/mol. The fourth-order valence-electron chi connectivity index (χ4n) is 3.98. The molecule has 1 heteroatoms. The second-order valence-corrected chi connectivity index (χ2v) is 4.88. The molecule has 0 atom stereocenters. The van der Waals surface area contributed by atoms with E-state index in [0.717, 1.165) is 7.11 Å². The van der Waals surface area contributed by atoms with Crippen molar-refractivity contribution < 1.29 is 5.11 Å². The summed E-state index contributed by atoms with van der Waals surface area (Å²) < 4.78 is 0. The van der Waals surface area contributed by atoms with Crippen LogP contribution >= 0.6 is 0 Å². The number of hydrogen-bond acceptors (Lipinski definition) is 1. The minimum Gasteiger partial charge on any atom is -0.400 e. The van der Waals surface area contributed by atoms with Crippen molar-refractivity contribution >= 4 is 0 Å². The second kappa shape index (κ2) is 5.75. The largest absolute Gasteiger partial charge is 0.400 e. The van der Waals surface area contributed by atoms with Crippen LogP contribution in [0.4, 0.5) is 0 Å². The van der Waals surface area contributed by atoms with Crippen LogP contribution in [0.15, 0.2) is 0 Å². The number of hydrogen-bond donors (Lipinski definition) is 1. The van der Waals surface area contributed by atoms with Crippen LogP contribution in [0, 0.1) is 23.7 Å². The van der Waals surface area contributed by atoms with Crippen molar-refractivity contribution in [1.29, 1.82) is 0 Å². The van der Waals surface area contributed by atoms with Crippen molar-refractivity contribution in [2.24, 2.45) is 23.7 Å². The van der Waals surface area contributed by atoms with Gasteiger partial charge in [0.05, 0.1) is 0 Å². The average Bonchev–Trinajstić information content (AvgIpc) is 2.22. The third kappa shape index (κ3) is 2.50. The van der Waals surface area contributed by atoms with Crippen molar-refractivity contribution in [3.63, 3.8) is 0 Å². The van der Waals surface area contributed by atoms with E-state index in [1.165, 1.54) is 23.7 Å². The van der Waals surface area contributed by atoms with Gasteiger partial charge in [0.15, 0.2) is 0 Å². The van der Waals surface area contributed by atoms with Gasteiger partial charge in [0.1, 0.15) is 0 Å². The third-order valence-corrected chi connectivity index (χ3v) is 4.00. The minimum atomic E-state index is 1.00. The van der Waals surface area contributed by atoms with Gasteiger partial charge in [-0.25, -0.2) is 0 Å². The molecule has 0 aromatic heterocycles. The summed E-state index contributed by atoms with van der Waals surface area (Å²) in [5.41, 5.74) is 0. The highest BCUT2D eigenvalue weighted by molar-refractivity contribution is 4.92. The molecule has 0 aliphatic heterocycles. The van der Waals surface area contributed by atoms with Gasteiger partial charge in [-0.1, -0.05) is 13.8 Å². The third-order valence-electron chi connectivity index (χ3n) is 4.00. The Morgan fingerprint density at radius 1 is 0.571 bits per heavy atom. The lowest BCUT2D eigenvalue weighted by atomic mass is 9.56. The first-order valence-electron chi connectivity index (χ1n) is 6.35. The lowest BCUT2D eigenvalue weighted by molar-refractivity contribution is 0.0198. The van der Waals surface area contributed by atoms with Crippen molar-refractivity contribution in [2.75, 3.05) is 7.11 Å². The Kier molecular flexibility index (Phi) is 4.94. The van der Waals surface area contributed by atoms with Crippen LogP contribution in [0.25, 0.3) is 0 Å². The predicted octanol–water partition coefficient (Wildman–Crippen LogP) is 3.47. The first kappa shape index (κ1) is 12.0. The van der Waals surface area contributed by atoms with E-state index in [-0.39, 0.29) is 0 Å². The maximum Gasteiger partial charge on any atom is 0.0319 e. The molecule has 4 saturated carbocycles. The first-order chi connectivity index (χ1) is 6.90. The zero-order valence-electron chi connectivity index (χ0n) is 10.00. The molecule has 0 unspecified atom stereocenters. The molecule has 0 saturated heterocycles. The summed E-state index contributed by atoms with van der Waals surface area (Å²) >= 11 is 0. The smallest absolute Gasteiger partial charge is 0.0319 e. The Labute approximate surface area is 88.9 Å². The molecular formula is C13H26O. The summed E-state index contributed by atoms with van der Waals surface area (Å²) in [7, 11) is 1.00. The van der Waals surface area contributed by atoms with E-state index in [4.69, 9.17) is 5.11 Å². The molecule has 4 fully saturated rings. The lowest BCUT2D eigenvalue weighted by Crippen LogP contribution is -2.38. The number of aliphatic hydroxyl groups is 1. The van der Waals surface area contributed by atoms with E-state index in [1.54, 1.807) is 38.5 Å². The van der Waals surface area contributed by atoms with Crippen LogP contribution in [0.2, 0.25) is 0 Å². The number of rotatable bonds is 0. The summed E-state index contributed by atoms with van der Waals surface area (Å²) in [5.74, 6) is 4.71. The van der Waals surface area contributed by atoms with Crippen molar-refractivity contribution in [2.45, 2.75) is 52.4 Å². The second-order valence-electron chi connectivity index (χ2n) is 4.88. The van der Waals surface area contributed by atoms with Gasteiger partial charge in [0.25, 0.3) is 0 Å². The molecule has 4 bridgehead atoms. The van der Waals surface area contributed by atoms with E-state index in [0.29, 0.717) is 0 Å². The molecule has 0 aromatic rings. The molecule has 0 amide bonds. The molecule has 0 spiro atoms. The zero-order chi connectivity index (χ0) is 10.6. The highest BCUT2D eigenvalue weighted by atomic mass is 16.2. The fraction of sp³-hybridized carbons (Fsp3) is 1.00. The van der Waals surface area contributed by atoms with Crippen LogP contribution in [-0.4, -0.2) is 12.2 Å². The van der Waals surface area contributed by atoms with Crippen LogP contribution in [-0.2, 0) is 0 Å². The molecule has 0 heterocycles. The summed E-state index contributed by atoms with van der Waals surface area (Å²) in [6, 6.07) is 0. The Hall–Kier alpha value is -0.0400. The maximum absolute atomic E-state index is 7.00. The SMILES string of the molecule is C1C2CC3CC1CC(C2)C3.CC.CO. The summed E-state index contributed by atoms with van der Waals surface area (Å²) in [6.07, 6.45) is 9.62. The lowest BCUT2D eigenvalue weighted by Gasteiger charge is -2.49. The molecule has 4 aliphatic carbocycles. The van der Waals surface area contributed by atoms with Gasteiger partial charge in [-0.05, 0) is 62.2 Å². The van der Waals surface area contributed by atoms with Gasteiger partial charge >= 0.3 is 0 Å². The zero-order valence-corrected chi connectivity index (χ0v) is 10.00. The minimum absolute atomic E-state index is 1.00. The van der Waals surface area contributed by atoms with Crippen molar-refractivity contribution in [3.8, 4) is 0 Å². The molecule has 1 nitrogen and oxygen atoms in total. The van der Waals surface area contributed by atoms with E-state index >= 15 is 0 Å². The molecule has 14 heavy (non-hydrogen) atoms. The molecule has 0 aromatic carbocycles. The summed E-state index contributed by atoms with van der Waals surface area (Å²) in [5, 5.41) is 7.00. The Morgan fingerprint density at radius 3 is 0.857 bits per heavy atom. The number of aliphatic hydroxyl groups excluding tert-OH is 1. The van der Waals surface area contributed by atoms with Crippen molar-refractivity contribution in [1.82, 2.24) is 0 Å². The normalized spacial score (nSPS) is 42.0. The average molecular weight is 198 g/mol. The van der Waals surface area contributed by atoms with Crippen LogP contribution < -0.4 is 0 Å². The van der Waals surface area contributed by atoms with Crippen molar-refractivity contribution in [3.05, 3.63) is 0 Å². The van der Waals surface area contributed by atoms with E-state index < -0.39 is 0 Å². The molecule has 4 rings (SSSR count). The van der Waals surface area contributed by atoms with Gasteiger partial charge in [0, 0.05) is 7.11 Å². The van der Waals surface area contributed by atoms with Gasteiger partial charge in [-0.15, -0.1) is 0 Å². The summed E-state index contributed by atoms with van der Waals surface area (Å²) in [4.78, 5) is 0. The summed E-state index contributed by atoms with van der Waals surface area (Å²) in [6.45, 7) is 4.00. The standard InChI is InChI=1S/C10H16.C2H6.CH4O/c1-7-2-9-4-8(1)5-10(3-7)6-9;2*1-2/h7-10H,1-6H2;1-2H3;2H,1H3. The first-order valence-corrected chi connectivity index (χ1v) is 6.35. The van der Waals surface area contributed by atoms with E-state index in [2.05, 4.69) is 0 Å². The Bertz CT molecular complexity index is 96.8. The molecule has 4 aliphatic rings. The highest BCUT2D eigenvalue weighted by Crippen LogP contribution is 2.53. The molecule has 84 valence electrons. The van der Waals surface area contributed by atoms with Gasteiger partial charge in [-0.2, -0.15) is 0 Å². The monoisotopic (exact) mass is 198 g/mol. The molecule has 1 N–H and O–H groups in total. The van der Waals surface area contributed by atoms with Gasteiger partial charge in [0.2, 0.25) is 0 Å². The molecule has 0 radical (unpaired) electrons. The maximum atomic E-state index is 7.00. The topological polar surface area (TPSA) is 20.2 Å². The quantitative estimate of drug-likeness (QED) is 0.632. The highest BCUT2D eigenvalue weighted by Gasteiger charge is 2.41. The fourth-order valence-corrected chi connectivity index (χ4v) is 3.98. The van der Waals surface area contributed by atoms with Crippen LogP contribution in [0.1, 0.15) is 52.4 Å². The van der Waals surface area contributed by atoms with E-state index in [9.17, 15) is 0 Å². The molecular weight excluding hydrogens is 172 g/mol. The van der Waals surface area contributed by atoms with Crippen LogP contribution in [0.5, 0.6) is 0 Å². The van der Waals surface area contributed by atoms with E-state index in [1.807, 2.05) is 13.8 Å².